The fraction of sp³-hybridized carbons (Fsp3) is 0.385. The summed E-state index contributed by atoms with van der Waals surface area (Å²) >= 11 is 5.96. The molecule has 0 aliphatic carbocycles. The molecule has 2 rings (SSSR count). The lowest BCUT2D eigenvalue weighted by Crippen LogP contribution is -2.46. The van der Waals surface area contributed by atoms with Gasteiger partial charge in [0.15, 0.2) is 0 Å². The number of carbonyl (C=O) groups excluding carboxylic acids is 2. The van der Waals surface area contributed by atoms with Crippen LogP contribution in [-0.4, -0.2) is 16.9 Å². The van der Waals surface area contributed by atoms with E-state index in [2.05, 4.69) is 0 Å². The lowest BCUT2D eigenvalue weighted by Gasteiger charge is -2.34. The highest BCUT2D eigenvalue weighted by molar-refractivity contribution is 6.35. The van der Waals surface area contributed by atoms with Crippen molar-refractivity contribution in [1.82, 2.24) is 0 Å². The second kappa shape index (κ2) is 4.28. The van der Waals surface area contributed by atoms with E-state index in [4.69, 9.17) is 11.6 Å². The molecule has 0 aromatic heterocycles. The van der Waals surface area contributed by atoms with Crippen LogP contribution in [0.15, 0.2) is 18.2 Å². The van der Waals surface area contributed by atoms with Crippen LogP contribution < -0.4 is 4.90 Å². The van der Waals surface area contributed by atoms with Crippen molar-refractivity contribution in [1.29, 1.82) is 0 Å². The minimum Gasteiger partial charge on any atom is -0.508 e. The highest BCUT2D eigenvalue weighted by Crippen LogP contribution is 2.37. The van der Waals surface area contributed by atoms with Gasteiger partial charge in [0.2, 0.25) is 11.8 Å². The van der Waals surface area contributed by atoms with Crippen LogP contribution in [-0.2, 0) is 9.59 Å². The minimum absolute atomic E-state index is 0.000914. The molecule has 96 valence electrons. The molecule has 0 atom stereocenters. The Labute approximate surface area is 110 Å². The Morgan fingerprint density at radius 2 is 1.78 bits per heavy atom. The van der Waals surface area contributed by atoms with Crippen molar-refractivity contribution in [3.05, 3.63) is 23.2 Å². The molecular formula is C13H14ClNO3. The van der Waals surface area contributed by atoms with E-state index in [0.717, 1.165) is 4.90 Å². The number of benzene rings is 1. The molecule has 0 spiro atoms. The molecule has 1 aliphatic rings. The molecule has 18 heavy (non-hydrogen) atoms. The average molecular weight is 268 g/mol. The Morgan fingerprint density at radius 1 is 1.22 bits per heavy atom. The predicted octanol–water partition coefficient (Wildman–Crippen LogP) is 2.73. The minimum atomic E-state index is -0.311. The summed E-state index contributed by atoms with van der Waals surface area (Å²) in [5.74, 6) is -0.520. The van der Waals surface area contributed by atoms with Gasteiger partial charge in [-0.3, -0.25) is 9.59 Å². The van der Waals surface area contributed by atoms with Crippen molar-refractivity contribution in [2.45, 2.75) is 26.7 Å². The van der Waals surface area contributed by atoms with Gasteiger partial charge in [0.1, 0.15) is 5.75 Å². The van der Waals surface area contributed by atoms with Gasteiger partial charge in [-0.1, -0.05) is 25.4 Å². The monoisotopic (exact) mass is 267 g/mol. The van der Waals surface area contributed by atoms with Crippen LogP contribution in [0.5, 0.6) is 5.75 Å². The number of rotatable bonds is 1. The third kappa shape index (κ3) is 2.34. The van der Waals surface area contributed by atoms with E-state index in [1.54, 1.807) is 0 Å². The fourth-order valence-electron chi connectivity index (χ4n) is 2.12. The Hall–Kier alpha value is -1.55. The zero-order chi connectivity index (χ0) is 13.5. The molecule has 1 N–H and O–H groups in total. The summed E-state index contributed by atoms with van der Waals surface area (Å²) in [4.78, 5) is 25.2. The van der Waals surface area contributed by atoms with Crippen LogP contribution in [0.3, 0.4) is 0 Å². The number of hydrogen-bond acceptors (Lipinski definition) is 3. The number of phenolic OH excluding ortho intramolecular Hbond substituents is 1. The molecule has 1 saturated heterocycles. The van der Waals surface area contributed by atoms with Gasteiger partial charge in [0, 0.05) is 18.9 Å². The van der Waals surface area contributed by atoms with E-state index in [1.807, 2.05) is 13.8 Å². The van der Waals surface area contributed by atoms with Gasteiger partial charge in [0.25, 0.3) is 0 Å². The van der Waals surface area contributed by atoms with Gasteiger partial charge in [-0.25, -0.2) is 4.90 Å². The Balaban J connectivity index is 2.39. The lowest BCUT2D eigenvalue weighted by atomic mass is 9.81. The summed E-state index contributed by atoms with van der Waals surface area (Å²) in [6.07, 6.45) is 0.603. The number of hydrogen-bond donors (Lipinski definition) is 1. The van der Waals surface area contributed by atoms with E-state index in [1.165, 1.54) is 18.2 Å². The Morgan fingerprint density at radius 3 is 2.28 bits per heavy atom. The van der Waals surface area contributed by atoms with E-state index in [0.29, 0.717) is 18.5 Å². The van der Waals surface area contributed by atoms with Crippen LogP contribution in [0.1, 0.15) is 26.7 Å². The number of amides is 2. The zero-order valence-corrected chi connectivity index (χ0v) is 11.0. The maximum Gasteiger partial charge on any atom is 0.234 e. The zero-order valence-electron chi connectivity index (χ0n) is 10.2. The van der Waals surface area contributed by atoms with E-state index in [-0.39, 0.29) is 28.0 Å². The van der Waals surface area contributed by atoms with Gasteiger partial charge in [-0.15, -0.1) is 0 Å². The number of halogens is 1. The van der Waals surface area contributed by atoms with E-state index in [9.17, 15) is 14.7 Å². The molecule has 1 aromatic rings. The number of piperidine rings is 1. The van der Waals surface area contributed by atoms with Gasteiger partial charge in [-0.05, 0) is 17.5 Å². The van der Waals surface area contributed by atoms with Crippen molar-refractivity contribution in [2.24, 2.45) is 5.41 Å². The lowest BCUT2D eigenvalue weighted by molar-refractivity contribution is -0.132. The number of carbonyl (C=O) groups is 2. The molecule has 5 heteroatoms. The molecule has 1 heterocycles. The van der Waals surface area contributed by atoms with Gasteiger partial charge in [-0.2, -0.15) is 0 Å². The first-order valence-electron chi connectivity index (χ1n) is 5.64. The van der Waals surface area contributed by atoms with Gasteiger partial charge >= 0.3 is 0 Å². The van der Waals surface area contributed by atoms with Crippen LogP contribution in [0.25, 0.3) is 0 Å². The Kier molecular flexibility index (Phi) is 3.07. The van der Waals surface area contributed by atoms with E-state index < -0.39 is 0 Å². The van der Waals surface area contributed by atoms with Crippen molar-refractivity contribution < 1.29 is 14.7 Å². The molecule has 4 nitrogen and oxygen atoms in total. The fourth-order valence-corrected chi connectivity index (χ4v) is 2.38. The maximum atomic E-state index is 12.0. The number of imide groups is 1. The molecule has 1 aromatic carbocycles. The number of anilines is 1. The summed E-state index contributed by atoms with van der Waals surface area (Å²) < 4.78 is 0. The quantitative estimate of drug-likeness (QED) is 0.796. The summed E-state index contributed by atoms with van der Waals surface area (Å²) in [5.41, 5.74) is 0.0219. The van der Waals surface area contributed by atoms with Crippen molar-refractivity contribution in [3.8, 4) is 5.75 Å². The third-order valence-electron chi connectivity index (χ3n) is 2.93. The number of nitrogens with zero attached hydrogens (tertiary/aromatic N) is 1. The molecule has 0 unspecified atom stereocenters. The largest absolute Gasteiger partial charge is 0.508 e. The van der Waals surface area contributed by atoms with Crippen LogP contribution in [0, 0.1) is 5.41 Å². The van der Waals surface area contributed by atoms with Crippen LogP contribution >= 0.6 is 11.6 Å². The normalized spacial score (nSPS) is 19.2. The molecule has 0 bridgehead atoms. The summed E-state index contributed by atoms with van der Waals surface area (Å²) in [7, 11) is 0. The van der Waals surface area contributed by atoms with E-state index >= 15 is 0 Å². The average Bonchev–Trinajstić information content (AvgIpc) is 2.18. The van der Waals surface area contributed by atoms with Gasteiger partial charge in [0.05, 0.1) is 10.7 Å². The van der Waals surface area contributed by atoms with Gasteiger partial charge < -0.3 is 5.11 Å². The second-order valence-corrected chi connectivity index (χ2v) is 5.68. The first kappa shape index (κ1) is 12.9. The first-order valence-corrected chi connectivity index (χ1v) is 6.02. The summed E-state index contributed by atoms with van der Waals surface area (Å²) in [5, 5.41) is 9.47. The summed E-state index contributed by atoms with van der Waals surface area (Å²) in [6.45, 7) is 3.77. The second-order valence-electron chi connectivity index (χ2n) is 5.28. The molecule has 1 aliphatic heterocycles. The first-order chi connectivity index (χ1) is 8.30. The number of phenols is 1. The Bertz CT molecular complexity index is 505. The standard InChI is InChI=1S/C13H14ClNO3/c1-13(2)6-11(17)15(12(18)7-13)10-4-3-8(16)5-9(10)14/h3-5,16H,6-7H2,1-2H3. The topological polar surface area (TPSA) is 57.6 Å². The molecule has 0 saturated carbocycles. The summed E-state index contributed by atoms with van der Waals surface area (Å²) in [6, 6.07) is 4.20. The molecule has 2 amide bonds. The number of aromatic hydroxyl groups is 1. The highest BCUT2D eigenvalue weighted by Gasteiger charge is 2.38. The maximum absolute atomic E-state index is 12.0. The SMILES string of the molecule is CC1(C)CC(=O)N(c2ccc(O)cc2Cl)C(=O)C1. The molecule has 1 fully saturated rings. The molecular weight excluding hydrogens is 254 g/mol. The van der Waals surface area contributed by atoms with Crippen LogP contribution in [0.2, 0.25) is 5.02 Å². The smallest absolute Gasteiger partial charge is 0.234 e. The van der Waals surface area contributed by atoms with Crippen LogP contribution in [0.4, 0.5) is 5.69 Å². The third-order valence-corrected chi connectivity index (χ3v) is 3.23. The predicted molar refractivity (Wildman–Crippen MR) is 68.6 cm³/mol. The van der Waals surface area contributed by atoms with Crippen molar-refractivity contribution in [2.75, 3.05) is 4.90 Å². The highest BCUT2D eigenvalue weighted by atomic mass is 35.5. The van der Waals surface area contributed by atoms with Crippen molar-refractivity contribution >= 4 is 29.1 Å². The molecule has 0 radical (unpaired) electrons. The van der Waals surface area contributed by atoms with Crippen molar-refractivity contribution in [3.63, 3.8) is 0 Å².